The van der Waals surface area contributed by atoms with Crippen LogP contribution >= 0.6 is 15.9 Å². The van der Waals surface area contributed by atoms with E-state index in [-0.39, 0.29) is 5.56 Å². The molecule has 0 saturated carbocycles. The average molecular weight is 350 g/mol. The predicted molar refractivity (Wildman–Crippen MR) is 86.2 cm³/mol. The number of anilines is 1. The molecule has 0 atom stereocenters. The highest BCUT2D eigenvalue weighted by molar-refractivity contribution is 9.10. The maximum atomic E-state index is 10.9. The van der Waals surface area contributed by atoms with Gasteiger partial charge in [-0.25, -0.2) is 4.79 Å². The molecular formula is C16H16BrNO3. The number of ether oxygens (including phenoxy) is 1. The lowest BCUT2D eigenvalue weighted by molar-refractivity contribution is 0.0697. The fourth-order valence-electron chi connectivity index (χ4n) is 2.01. The van der Waals surface area contributed by atoms with Crippen LogP contribution in [-0.4, -0.2) is 18.2 Å². The molecule has 0 aliphatic rings. The Morgan fingerprint density at radius 1 is 1.29 bits per heavy atom. The normalized spacial score (nSPS) is 10.2. The molecule has 0 fully saturated rings. The Kier molecular flexibility index (Phi) is 4.85. The SMILES string of the molecule is COc1ccc(NCc2ccc(C(=O)O)cc2Br)cc1C. The highest BCUT2D eigenvalue weighted by atomic mass is 79.9. The standard InChI is InChI=1S/C16H16BrNO3/c1-10-7-13(5-6-15(10)21-2)18-9-12-4-3-11(16(19)20)8-14(12)17/h3-8,18H,9H2,1-2H3,(H,19,20). The van der Waals surface area contributed by atoms with Gasteiger partial charge in [-0.2, -0.15) is 0 Å². The Hall–Kier alpha value is -2.01. The summed E-state index contributed by atoms with van der Waals surface area (Å²) in [6, 6.07) is 10.9. The molecule has 110 valence electrons. The van der Waals surface area contributed by atoms with Crippen molar-refractivity contribution in [1.82, 2.24) is 0 Å². The molecule has 4 nitrogen and oxygen atoms in total. The molecule has 2 aromatic rings. The number of carboxylic acids is 1. The van der Waals surface area contributed by atoms with Crippen molar-refractivity contribution >= 4 is 27.6 Å². The van der Waals surface area contributed by atoms with Gasteiger partial charge in [0.25, 0.3) is 0 Å². The third kappa shape index (κ3) is 3.76. The van der Waals surface area contributed by atoms with Crippen LogP contribution in [-0.2, 0) is 6.54 Å². The molecule has 0 unspecified atom stereocenters. The minimum atomic E-state index is -0.930. The van der Waals surface area contributed by atoms with E-state index in [0.29, 0.717) is 6.54 Å². The summed E-state index contributed by atoms with van der Waals surface area (Å²) in [4.78, 5) is 10.9. The van der Waals surface area contributed by atoms with Crippen molar-refractivity contribution in [2.45, 2.75) is 13.5 Å². The molecule has 0 amide bonds. The number of aromatic carboxylic acids is 1. The Morgan fingerprint density at radius 3 is 2.62 bits per heavy atom. The summed E-state index contributed by atoms with van der Waals surface area (Å²) in [7, 11) is 1.65. The largest absolute Gasteiger partial charge is 0.496 e. The molecule has 0 spiro atoms. The topological polar surface area (TPSA) is 58.6 Å². The smallest absolute Gasteiger partial charge is 0.335 e. The molecule has 2 N–H and O–H groups in total. The van der Waals surface area contributed by atoms with Crippen LogP contribution in [0.4, 0.5) is 5.69 Å². The first-order valence-corrected chi connectivity index (χ1v) is 7.21. The third-order valence-corrected chi connectivity index (χ3v) is 3.92. The van der Waals surface area contributed by atoms with E-state index in [4.69, 9.17) is 9.84 Å². The first kappa shape index (κ1) is 15.4. The maximum absolute atomic E-state index is 10.9. The second kappa shape index (κ2) is 6.63. The number of hydrogen-bond donors (Lipinski definition) is 2. The van der Waals surface area contributed by atoms with Gasteiger partial charge in [0.05, 0.1) is 12.7 Å². The molecule has 0 radical (unpaired) electrons. The lowest BCUT2D eigenvalue weighted by atomic mass is 10.1. The fourth-order valence-corrected chi connectivity index (χ4v) is 2.53. The Morgan fingerprint density at radius 2 is 2.05 bits per heavy atom. The zero-order valence-electron chi connectivity index (χ0n) is 11.8. The summed E-state index contributed by atoms with van der Waals surface area (Å²) in [6.07, 6.45) is 0. The summed E-state index contributed by atoms with van der Waals surface area (Å²) in [5.41, 5.74) is 3.31. The van der Waals surface area contributed by atoms with Gasteiger partial charge in [0, 0.05) is 16.7 Å². The monoisotopic (exact) mass is 349 g/mol. The van der Waals surface area contributed by atoms with Crippen molar-refractivity contribution in [2.75, 3.05) is 12.4 Å². The van der Waals surface area contributed by atoms with Gasteiger partial charge in [0.1, 0.15) is 5.75 Å². The highest BCUT2D eigenvalue weighted by Crippen LogP contribution is 2.23. The number of halogens is 1. The van der Waals surface area contributed by atoms with Crippen LogP contribution < -0.4 is 10.1 Å². The second-order valence-corrected chi connectivity index (χ2v) is 5.50. The molecule has 21 heavy (non-hydrogen) atoms. The van der Waals surface area contributed by atoms with E-state index in [2.05, 4.69) is 21.2 Å². The van der Waals surface area contributed by atoms with Crippen molar-refractivity contribution < 1.29 is 14.6 Å². The number of nitrogens with one attached hydrogen (secondary N) is 1. The van der Waals surface area contributed by atoms with Gasteiger partial charge in [-0.05, 0) is 48.4 Å². The average Bonchev–Trinajstić information content (AvgIpc) is 2.46. The minimum Gasteiger partial charge on any atom is -0.496 e. The lowest BCUT2D eigenvalue weighted by Gasteiger charge is -2.11. The van der Waals surface area contributed by atoms with Crippen molar-refractivity contribution in [3.05, 3.63) is 57.6 Å². The number of aryl methyl sites for hydroxylation is 1. The van der Waals surface area contributed by atoms with Crippen LogP contribution in [0, 0.1) is 6.92 Å². The van der Waals surface area contributed by atoms with Gasteiger partial charge >= 0.3 is 5.97 Å². The maximum Gasteiger partial charge on any atom is 0.335 e. The van der Waals surface area contributed by atoms with Crippen LogP contribution in [0.25, 0.3) is 0 Å². The molecule has 0 heterocycles. The molecule has 2 rings (SSSR count). The quantitative estimate of drug-likeness (QED) is 0.853. The number of benzene rings is 2. The number of carboxylic acid groups (broad SMARTS) is 1. The van der Waals surface area contributed by atoms with Crippen molar-refractivity contribution in [3.63, 3.8) is 0 Å². The Bertz CT molecular complexity index is 671. The van der Waals surface area contributed by atoms with Crippen LogP contribution in [0.15, 0.2) is 40.9 Å². The Labute approximate surface area is 131 Å². The molecule has 0 saturated heterocycles. The number of hydrogen-bond acceptors (Lipinski definition) is 3. The zero-order chi connectivity index (χ0) is 15.4. The third-order valence-electron chi connectivity index (χ3n) is 3.18. The molecule has 5 heteroatoms. The van der Waals surface area contributed by atoms with E-state index < -0.39 is 5.97 Å². The van der Waals surface area contributed by atoms with Crippen LogP contribution in [0.1, 0.15) is 21.5 Å². The summed E-state index contributed by atoms with van der Waals surface area (Å²) >= 11 is 3.40. The second-order valence-electron chi connectivity index (χ2n) is 4.65. The van der Waals surface area contributed by atoms with Gasteiger partial charge in [-0.15, -0.1) is 0 Å². The van der Waals surface area contributed by atoms with Gasteiger partial charge in [-0.1, -0.05) is 22.0 Å². The summed E-state index contributed by atoms with van der Waals surface area (Å²) in [6.45, 7) is 2.59. The van der Waals surface area contributed by atoms with E-state index in [1.165, 1.54) is 0 Å². The van der Waals surface area contributed by atoms with E-state index in [0.717, 1.165) is 27.0 Å². The minimum absolute atomic E-state index is 0.269. The van der Waals surface area contributed by atoms with E-state index >= 15 is 0 Å². The van der Waals surface area contributed by atoms with Crippen LogP contribution in [0.5, 0.6) is 5.75 Å². The molecule has 0 aromatic heterocycles. The number of methoxy groups -OCH3 is 1. The van der Waals surface area contributed by atoms with Crippen molar-refractivity contribution in [2.24, 2.45) is 0 Å². The van der Waals surface area contributed by atoms with E-state index in [9.17, 15) is 4.79 Å². The first-order valence-electron chi connectivity index (χ1n) is 6.41. The van der Waals surface area contributed by atoms with Crippen LogP contribution in [0.2, 0.25) is 0 Å². The van der Waals surface area contributed by atoms with Crippen molar-refractivity contribution in [3.8, 4) is 5.75 Å². The van der Waals surface area contributed by atoms with Gasteiger partial charge in [-0.3, -0.25) is 0 Å². The fraction of sp³-hybridized carbons (Fsp3) is 0.188. The van der Waals surface area contributed by atoms with E-state index in [1.807, 2.05) is 25.1 Å². The lowest BCUT2D eigenvalue weighted by Crippen LogP contribution is -2.03. The highest BCUT2D eigenvalue weighted by Gasteiger charge is 2.07. The molecular weight excluding hydrogens is 334 g/mol. The van der Waals surface area contributed by atoms with Gasteiger partial charge in [0.15, 0.2) is 0 Å². The summed E-state index contributed by atoms with van der Waals surface area (Å²) < 4.78 is 6.00. The predicted octanol–water partition coefficient (Wildman–Crippen LogP) is 4.08. The molecule has 0 bridgehead atoms. The van der Waals surface area contributed by atoms with E-state index in [1.54, 1.807) is 25.3 Å². The molecule has 2 aromatic carbocycles. The summed E-state index contributed by atoms with van der Waals surface area (Å²) in [5.74, 6) is -0.0754. The van der Waals surface area contributed by atoms with Crippen molar-refractivity contribution in [1.29, 1.82) is 0 Å². The van der Waals surface area contributed by atoms with Gasteiger partial charge in [0.2, 0.25) is 0 Å². The first-order chi connectivity index (χ1) is 10.0. The number of carbonyl (C=O) groups is 1. The molecule has 0 aliphatic heterocycles. The Balaban J connectivity index is 2.09. The van der Waals surface area contributed by atoms with Gasteiger partial charge < -0.3 is 15.2 Å². The number of rotatable bonds is 5. The zero-order valence-corrected chi connectivity index (χ0v) is 13.4. The summed E-state index contributed by atoms with van der Waals surface area (Å²) in [5, 5.41) is 12.2. The molecule has 0 aliphatic carbocycles. The van der Waals surface area contributed by atoms with Crippen LogP contribution in [0.3, 0.4) is 0 Å².